The van der Waals surface area contributed by atoms with Gasteiger partial charge in [-0.3, -0.25) is 14.9 Å². The molecule has 1 saturated heterocycles. The Labute approximate surface area is 169 Å². The summed E-state index contributed by atoms with van der Waals surface area (Å²) in [5, 5.41) is 9.19. The first-order chi connectivity index (χ1) is 14.3. The van der Waals surface area contributed by atoms with Gasteiger partial charge in [-0.25, -0.2) is 15.4 Å². The summed E-state index contributed by atoms with van der Waals surface area (Å²) in [5.74, 6) is 0.264. The number of aromatic nitrogens is 2. The smallest absolute Gasteiger partial charge is 0.265 e. The number of rotatable bonds is 5. The van der Waals surface area contributed by atoms with Crippen molar-refractivity contribution in [2.45, 2.75) is 6.04 Å². The van der Waals surface area contributed by atoms with E-state index in [1.54, 1.807) is 5.48 Å². The van der Waals surface area contributed by atoms with Crippen LogP contribution in [0.4, 0.5) is 5.95 Å². The number of piperazine rings is 1. The molecule has 1 unspecified atom stereocenters. The Morgan fingerprint density at radius 1 is 0.862 bits per heavy atom. The van der Waals surface area contributed by atoms with Crippen LogP contribution in [0.25, 0.3) is 11.1 Å². The lowest BCUT2D eigenvalue weighted by atomic mass is 10.0. The molecule has 2 N–H and O–H groups in total. The average Bonchev–Trinajstić information content (AvgIpc) is 2.81. The highest BCUT2D eigenvalue weighted by Crippen LogP contribution is 2.24. The summed E-state index contributed by atoms with van der Waals surface area (Å²) in [6.07, 6.45) is 3.69. The number of nitrogens with zero attached hydrogens (tertiary/aromatic N) is 4. The second-order valence-corrected chi connectivity index (χ2v) is 6.95. The third-order valence-corrected chi connectivity index (χ3v) is 5.18. The number of carbonyl (C=O) groups excluding carboxylic acids is 1. The molecule has 1 amide bonds. The van der Waals surface area contributed by atoms with Gasteiger partial charge in [0.25, 0.3) is 5.91 Å². The van der Waals surface area contributed by atoms with Crippen molar-refractivity contribution in [2.75, 3.05) is 31.1 Å². The molecule has 1 aliphatic heterocycles. The minimum atomic E-state index is -0.523. The van der Waals surface area contributed by atoms with Crippen LogP contribution >= 0.6 is 0 Å². The number of anilines is 1. The van der Waals surface area contributed by atoms with E-state index < -0.39 is 11.9 Å². The summed E-state index contributed by atoms with van der Waals surface area (Å²) < 4.78 is 0. The predicted molar refractivity (Wildman–Crippen MR) is 110 cm³/mol. The molecule has 29 heavy (non-hydrogen) atoms. The van der Waals surface area contributed by atoms with Crippen molar-refractivity contribution in [3.05, 3.63) is 78.6 Å². The van der Waals surface area contributed by atoms with Gasteiger partial charge in [-0.2, -0.15) is 0 Å². The van der Waals surface area contributed by atoms with Crippen molar-refractivity contribution in [2.24, 2.45) is 0 Å². The average molecular weight is 389 g/mol. The first-order valence-corrected chi connectivity index (χ1v) is 9.61. The van der Waals surface area contributed by atoms with Gasteiger partial charge < -0.3 is 4.90 Å². The van der Waals surface area contributed by atoms with E-state index >= 15 is 0 Å². The van der Waals surface area contributed by atoms with Crippen molar-refractivity contribution in [1.29, 1.82) is 0 Å². The third-order valence-electron chi connectivity index (χ3n) is 5.18. The molecule has 1 atom stereocenters. The molecule has 2 aromatic carbocycles. The van der Waals surface area contributed by atoms with Crippen LogP contribution in [0.3, 0.4) is 0 Å². The molecule has 1 fully saturated rings. The van der Waals surface area contributed by atoms with Crippen LogP contribution in [0.1, 0.15) is 11.6 Å². The zero-order valence-electron chi connectivity index (χ0n) is 16.0. The Morgan fingerprint density at radius 3 is 2.03 bits per heavy atom. The molecule has 4 rings (SSSR count). The van der Waals surface area contributed by atoms with Gasteiger partial charge >= 0.3 is 0 Å². The van der Waals surface area contributed by atoms with Crippen LogP contribution in [-0.4, -0.2) is 52.2 Å². The number of benzene rings is 2. The highest BCUT2D eigenvalue weighted by Gasteiger charge is 2.30. The van der Waals surface area contributed by atoms with Crippen LogP contribution in [0.2, 0.25) is 0 Å². The molecule has 0 spiro atoms. The highest BCUT2D eigenvalue weighted by atomic mass is 16.5. The number of amides is 1. The Kier molecular flexibility index (Phi) is 5.79. The number of hydroxylamine groups is 1. The fourth-order valence-corrected chi connectivity index (χ4v) is 3.67. The summed E-state index contributed by atoms with van der Waals surface area (Å²) in [6.45, 7) is 2.73. The minimum Gasteiger partial charge on any atom is -0.338 e. The minimum absolute atomic E-state index is 0.423. The zero-order valence-corrected chi connectivity index (χ0v) is 16.0. The van der Waals surface area contributed by atoms with Gasteiger partial charge in [0.15, 0.2) is 0 Å². The summed E-state index contributed by atoms with van der Waals surface area (Å²) >= 11 is 0. The van der Waals surface area contributed by atoms with Crippen LogP contribution < -0.4 is 10.4 Å². The molecule has 1 aliphatic rings. The first kappa shape index (κ1) is 19.0. The number of hydrogen-bond donors (Lipinski definition) is 2. The lowest BCUT2D eigenvalue weighted by molar-refractivity contribution is -0.135. The van der Waals surface area contributed by atoms with Crippen LogP contribution in [0, 0.1) is 0 Å². The second kappa shape index (κ2) is 8.81. The number of carbonyl (C=O) groups is 1. The molecule has 2 heterocycles. The molecule has 0 aliphatic carbocycles. The molecule has 7 nitrogen and oxygen atoms in total. The monoisotopic (exact) mass is 389 g/mol. The quantitative estimate of drug-likeness (QED) is 0.516. The summed E-state index contributed by atoms with van der Waals surface area (Å²) in [5.41, 5.74) is 4.73. The fourth-order valence-electron chi connectivity index (χ4n) is 3.67. The van der Waals surface area contributed by atoms with Crippen molar-refractivity contribution >= 4 is 11.9 Å². The molecule has 148 valence electrons. The van der Waals surface area contributed by atoms with E-state index in [1.165, 1.54) is 0 Å². The van der Waals surface area contributed by atoms with Gasteiger partial charge in [0.1, 0.15) is 6.04 Å². The fraction of sp³-hybridized carbons (Fsp3) is 0.227. The van der Waals surface area contributed by atoms with E-state index in [-0.39, 0.29) is 0 Å². The Balaban J connectivity index is 1.44. The maximum atomic E-state index is 12.3. The lowest BCUT2D eigenvalue weighted by Crippen LogP contribution is -2.51. The van der Waals surface area contributed by atoms with Crippen molar-refractivity contribution in [3.8, 4) is 11.1 Å². The van der Waals surface area contributed by atoms with E-state index in [9.17, 15) is 10.0 Å². The molecule has 0 radical (unpaired) electrons. The third kappa shape index (κ3) is 4.26. The molecular formula is C22H23N5O2. The van der Waals surface area contributed by atoms with Gasteiger partial charge in [-0.1, -0.05) is 60.7 Å². The predicted octanol–water partition coefficient (Wildman–Crippen LogP) is 2.51. The SMILES string of the molecule is O=C(NO)C(c1ccccc1)N1CCN(c2ncc(-c3ccccc3)cn2)CC1. The highest BCUT2D eigenvalue weighted by molar-refractivity contribution is 5.82. The van der Waals surface area contributed by atoms with Gasteiger partial charge in [0.2, 0.25) is 5.95 Å². The van der Waals surface area contributed by atoms with Gasteiger partial charge in [0, 0.05) is 44.1 Å². The number of nitrogens with one attached hydrogen (secondary N) is 1. The largest absolute Gasteiger partial charge is 0.338 e. The van der Waals surface area contributed by atoms with Crippen LogP contribution in [0.5, 0.6) is 0 Å². The topological polar surface area (TPSA) is 81.6 Å². The van der Waals surface area contributed by atoms with Gasteiger partial charge in [-0.15, -0.1) is 0 Å². The van der Waals surface area contributed by atoms with E-state index in [1.807, 2.05) is 73.1 Å². The van der Waals surface area contributed by atoms with E-state index in [0.717, 1.165) is 16.7 Å². The van der Waals surface area contributed by atoms with Gasteiger partial charge in [0.05, 0.1) is 0 Å². The molecule has 0 saturated carbocycles. The van der Waals surface area contributed by atoms with Crippen molar-refractivity contribution in [3.63, 3.8) is 0 Å². The molecule has 7 heteroatoms. The molecule has 3 aromatic rings. The normalized spacial score (nSPS) is 15.7. The van der Waals surface area contributed by atoms with Crippen molar-refractivity contribution in [1.82, 2.24) is 20.3 Å². The number of hydrogen-bond acceptors (Lipinski definition) is 6. The van der Waals surface area contributed by atoms with Gasteiger partial charge in [-0.05, 0) is 11.1 Å². The maximum Gasteiger partial charge on any atom is 0.265 e. The van der Waals surface area contributed by atoms with E-state index in [0.29, 0.717) is 32.1 Å². The lowest BCUT2D eigenvalue weighted by Gasteiger charge is -2.38. The summed E-state index contributed by atoms with van der Waals surface area (Å²) in [6, 6.07) is 19.0. The Morgan fingerprint density at radius 2 is 1.45 bits per heavy atom. The Hall–Kier alpha value is -3.29. The molecule has 1 aromatic heterocycles. The standard InChI is InChI=1S/C22H23N5O2/c28-21(25-29)20(18-9-5-2-6-10-18)26-11-13-27(14-12-26)22-23-15-19(16-24-22)17-7-3-1-4-8-17/h1-10,15-16,20,29H,11-14H2,(H,25,28). The second-order valence-electron chi connectivity index (χ2n) is 6.95. The van der Waals surface area contributed by atoms with Crippen LogP contribution in [0.15, 0.2) is 73.1 Å². The van der Waals surface area contributed by atoms with E-state index in [4.69, 9.17) is 0 Å². The molecule has 0 bridgehead atoms. The van der Waals surface area contributed by atoms with Crippen LogP contribution in [-0.2, 0) is 4.79 Å². The summed E-state index contributed by atoms with van der Waals surface area (Å²) in [4.78, 5) is 25.5. The maximum absolute atomic E-state index is 12.3. The zero-order chi connectivity index (χ0) is 20.1. The summed E-state index contributed by atoms with van der Waals surface area (Å²) in [7, 11) is 0. The van der Waals surface area contributed by atoms with Crippen molar-refractivity contribution < 1.29 is 10.0 Å². The first-order valence-electron chi connectivity index (χ1n) is 9.61. The van der Waals surface area contributed by atoms with E-state index in [2.05, 4.69) is 19.8 Å². The molecular weight excluding hydrogens is 366 g/mol. The Bertz CT molecular complexity index is 926.